The number of hydrogen-bond acceptors (Lipinski definition) is 3. The van der Waals surface area contributed by atoms with Crippen molar-refractivity contribution in [3.63, 3.8) is 0 Å². The number of nitrogens with one attached hydrogen (secondary N) is 1. The normalized spacial score (nSPS) is 12.4. The van der Waals surface area contributed by atoms with Gasteiger partial charge in [0.05, 0.1) is 11.9 Å². The van der Waals surface area contributed by atoms with Gasteiger partial charge in [-0.25, -0.2) is 9.18 Å². The largest absolute Gasteiger partial charge is 0.479 e. The minimum atomic E-state index is -1.66. The van der Waals surface area contributed by atoms with E-state index in [-0.39, 0.29) is 5.56 Å². The Morgan fingerprint density at radius 1 is 1.35 bits per heavy atom. The van der Waals surface area contributed by atoms with Gasteiger partial charge in [0.15, 0.2) is 6.10 Å². The minimum Gasteiger partial charge on any atom is -0.479 e. The van der Waals surface area contributed by atoms with Crippen molar-refractivity contribution in [2.24, 2.45) is 0 Å². The molecule has 1 heterocycles. The predicted molar refractivity (Wildman–Crippen MR) is 56.6 cm³/mol. The van der Waals surface area contributed by atoms with Crippen LogP contribution >= 0.6 is 0 Å². The van der Waals surface area contributed by atoms with E-state index in [4.69, 9.17) is 5.11 Å². The lowest BCUT2D eigenvalue weighted by molar-refractivity contribution is -0.146. The van der Waals surface area contributed by atoms with Crippen LogP contribution in [0.3, 0.4) is 0 Å². The highest BCUT2D eigenvalue weighted by atomic mass is 19.1. The van der Waals surface area contributed by atoms with Crippen molar-refractivity contribution in [1.29, 1.82) is 0 Å². The number of carboxylic acids is 1. The standard InChI is InChI=1S/C11H9FN2O3/c12-7-3-1-6(2-4-7)9-8(5-13-14-9)10(15)11(16)17/h1-5,10,15H,(H,13,14)(H,16,17). The highest BCUT2D eigenvalue weighted by Crippen LogP contribution is 2.26. The molecule has 0 fully saturated rings. The zero-order chi connectivity index (χ0) is 12.4. The van der Waals surface area contributed by atoms with Crippen LogP contribution in [0.5, 0.6) is 0 Å². The molecule has 1 unspecified atom stereocenters. The molecule has 0 bridgehead atoms. The van der Waals surface area contributed by atoms with E-state index in [1.54, 1.807) is 0 Å². The third kappa shape index (κ3) is 2.16. The van der Waals surface area contributed by atoms with Crippen molar-refractivity contribution in [1.82, 2.24) is 10.2 Å². The summed E-state index contributed by atoms with van der Waals surface area (Å²) in [5.41, 5.74) is 1.06. The smallest absolute Gasteiger partial charge is 0.337 e. The van der Waals surface area contributed by atoms with Crippen LogP contribution in [0.15, 0.2) is 30.5 Å². The van der Waals surface area contributed by atoms with Crippen LogP contribution in [0.4, 0.5) is 4.39 Å². The van der Waals surface area contributed by atoms with Gasteiger partial charge < -0.3 is 10.2 Å². The lowest BCUT2D eigenvalue weighted by Gasteiger charge is -2.06. The highest BCUT2D eigenvalue weighted by molar-refractivity contribution is 5.78. The van der Waals surface area contributed by atoms with Gasteiger partial charge in [0.25, 0.3) is 0 Å². The summed E-state index contributed by atoms with van der Waals surface area (Å²) in [4.78, 5) is 10.7. The van der Waals surface area contributed by atoms with Crippen molar-refractivity contribution in [2.45, 2.75) is 6.10 Å². The first-order chi connectivity index (χ1) is 8.09. The van der Waals surface area contributed by atoms with Gasteiger partial charge in [-0.3, -0.25) is 5.10 Å². The molecule has 0 amide bonds. The summed E-state index contributed by atoms with van der Waals surface area (Å²) in [6.45, 7) is 0. The summed E-state index contributed by atoms with van der Waals surface area (Å²) in [6, 6.07) is 5.43. The van der Waals surface area contributed by atoms with E-state index in [9.17, 15) is 14.3 Å². The van der Waals surface area contributed by atoms with Gasteiger partial charge in [-0.15, -0.1) is 0 Å². The molecule has 0 saturated carbocycles. The molecule has 6 heteroatoms. The quantitative estimate of drug-likeness (QED) is 0.750. The predicted octanol–water partition coefficient (Wildman–Crippen LogP) is 1.33. The zero-order valence-electron chi connectivity index (χ0n) is 8.59. The fraction of sp³-hybridized carbons (Fsp3) is 0.0909. The zero-order valence-corrected chi connectivity index (χ0v) is 8.59. The third-order valence-electron chi connectivity index (χ3n) is 2.33. The summed E-state index contributed by atoms with van der Waals surface area (Å²) in [6.07, 6.45) is -0.425. The fourth-order valence-electron chi connectivity index (χ4n) is 1.48. The molecule has 0 aliphatic carbocycles. The van der Waals surface area contributed by atoms with E-state index in [0.29, 0.717) is 11.3 Å². The second-order valence-electron chi connectivity index (χ2n) is 3.45. The van der Waals surface area contributed by atoms with Gasteiger partial charge >= 0.3 is 5.97 Å². The van der Waals surface area contributed by atoms with Gasteiger partial charge in [0.2, 0.25) is 0 Å². The average molecular weight is 236 g/mol. The molecule has 1 atom stereocenters. The molecule has 0 spiro atoms. The molecule has 0 aliphatic heterocycles. The number of aromatic nitrogens is 2. The van der Waals surface area contributed by atoms with Gasteiger partial charge in [-0.05, 0) is 24.3 Å². The Bertz CT molecular complexity index is 536. The molecule has 17 heavy (non-hydrogen) atoms. The monoisotopic (exact) mass is 236 g/mol. The van der Waals surface area contributed by atoms with E-state index in [1.807, 2.05) is 0 Å². The Morgan fingerprint density at radius 3 is 2.59 bits per heavy atom. The number of halogens is 1. The Labute approximate surface area is 95.5 Å². The van der Waals surface area contributed by atoms with Crippen molar-refractivity contribution in [2.75, 3.05) is 0 Å². The number of hydrogen-bond donors (Lipinski definition) is 3. The lowest BCUT2D eigenvalue weighted by atomic mass is 10.0. The van der Waals surface area contributed by atoms with Gasteiger partial charge in [-0.2, -0.15) is 5.10 Å². The molecule has 0 radical (unpaired) electrons. The first-order valence-electron chi connectivity index (χ1n) is 4.79. The molecule has 1 aromatic carbocycles. The maximum absolute atomic E-state index is 12.7. The summed E-state index contributed by atoms with van der Waals surface area (Å²) in [7, 11) is 0. The Balaban J connectivity index is 2.43. The van der Waals surface area contributed by atoms with Crippen LogP contribution in [-0.2, 0) is 4.79 Å². The van der Waals surface area contributed by atoms with E-state index >= 15 is 0 Å². The Morgan fingerprint density at radius 2 is 2.00 bits per heavy atom. The minimum absolute atomic E-state index is 0.143. The SMILES string of the molecule is O=C(O)C(O)c1cn[nH]c1-c1ccc(F)cc1. The van der Waals surface area contributed by atoms with Crippen LogP contribution in [-0.4, -0.2) is 26.4 Å². The molecular weight excluding hydrogens is 227 g/mol. The van der Waals surface area contributed by atoms with E-state index in [1.165, 1.54) is 30.5 Å². The lowest BCUT2D eigenvalue weighted by Crippen LogP contribution is -2.10. The van der Waals surface area contributed by atoms with Gasteiger partial charge in [0.1, 0.15) is 5.82 Å². The second kappa shape index (κ2) is 4.34. The molecule has 0 saturated heterocycles. The molecule has 2 rings (SSSR count). The Hall–Kier alpha value is -2.21. The maximum atomic E-state index is 12.7. The number of carbonyl (C=O) groups is 1. The number of H-pyrrole nitrogens is 1. The number of aliphatic carboxylic acids is 1. The average Bonchev–Trinajstić information content (AvgIpc) is 2.77. The molecule has 0 aliphatic rings. The number of benzene rings is 1. The summed E-state index contributed by atoms with van der Waals surface area (Å²) < 4.78 is 12.7. The molecule has 5 nitrogen and oxygen atoms in total. The number of aromatic amines is 1. The van der Waals surface area contributed by atoms with Crippen LogP contribution < -0.4 is 0 Å². The summed E-state index contributed by atoms with van der Waals surface area (Å²) in [5.74, 6) is -1.76. The van der Waals surface area contributed by atoms with Crippen LogP contribution in [0.25, 0.3) is 11.3 Å². The molecular formula is C11H9FN2O3. The molecule has 2 aromatic rings. The second-order valence-corrected chi connectivity index (χ2v) is 3.45. The summed E-state index contributed by atoms with van der Waals surface area (Å²) >= 11 is 0. The van der Waals surface area contributed by atoms with E-state index < -0.39 is 17.9 Å². The number of carboxylic acid groups (broad SMARTS) is 1. The van der Waals surface area contributed by atoms with E-state index in [2.05, 4.69) is 10.2 Å². The number of aliphatic hydroxyl groups is 1. The Kier molecular flexibility index (Phi) is 2.88. The maximum Gasteiger partial charge on any atom is 0.337 e. The van der Waals surface area contributed by atoms with Crippen molar-refractivity contribution < 1.29 is 19.4 Å². The van der Waals surface area contributed by atoms with Crippen molar-refractivity contribution >= 4 is 5.97 Å². The van der Waals surface area contributed by atoms with Gasteiger partial charge in [0, 0.05) is 11.1 Å². The third-order valence-corrected chi connectivity index (χ3v) is 2.33. The first-order valence-corrected chi connectivity index (χ1v) is 4.79. The number of nitrogens with zero attached hydrogens (tertiary/aromatic N) is 1. The number of aliphatic hydroxyl groups excluding tert-OH is 1. The van der Waals surface area contributed by atoms with Crippen molar-refractivity contribution in [3.8, 4) is 11.3 Å². The van der Waals surface area contributed by atoms with Crippen LogP contribution in [0.1, 0.15) is 11.7 Å². The number of rotatable bonds is 3. The summed E-state index contributed by atoms with van der Waals surface area (Å²) in [5, 5.41) is 24.4. The van der Waals surface area contributed by atoms with Crippen LogP contribution in [0, 0.1) is 5.82 Å². The van der Waals surface area contributed by atoms with E-state index in [0.717, 1.165) is 0 Å². The highest BCUT2D eigenvalue weighted by Gasteiger charge is 2.21. The van der Waals surface area contributed by atoms with Crippen LogP contribution in [0.2, 0.25) is 0 Å². The fourth-order valence-corrected chi connectivity index (χ4v) is 1.48. The van der Waals surface area contributed by atoms with Gasteiger partial charge in [-0.1, -0.05) is 0 Å². The first kappa shape index (κ1) is 11.3. The van der Waals surface area contributed by atoms with Crippen molar-refractivity contribution in [3.05, 3.63) is 41.8 Å². The molecule has 3 N–H and O–H groups in total. The molecule has 1 aromatic heterocycles. The topological polar surface area (TPSA) is 86.2 Å². The molecule has 88 valence electrons.